The molecule has 0 saturated heterocycles. The van der Waals surface area contributed by atoms with Crippen molar-refractivity contribution in [1.29, 1.82) is 5.26 Å². The first-order valence-electron chi connectivity index (χ1n) is 4.82. The van der Waals surface area contributed by atoms with Gasteiger partial charge in [0.15, 0.2) is 5.69 Å². The molecule has 4 heteroatoms. The third-order valence-corrected chi connectivity index (χ3v) is 2.34. The van der Waals surface area contributed by atoms with Crippen molar-refractivity contribution in [3.63, 3.8) is 0 Å². The van der Waals surface area contributed by atoms with Crippen LogP contribution >= 0.6 is 0 Å². The molecule has 0 atom stereocenters. The lowest BCUT2D eigenvalue weighted by Crippen LogP contribution is -1.91. The van der Waals surface area contributed by atoms with Gasteiger partial charge in [-0.05, 0) is 24.3 Å². The summed E-state index contributed by atoms with van der Waals surface area (Å²) in [4.78, 5) is 4.22. The predicted molar refractivity (Wildman–Crippen MR) is 59.9 cm³/mol. The molecule has 16 heavy (non-hydrogen) atoms. The van der Waals surface area contributed by atoms with Crippen molar-refractivity contribution >= 4 is 0 Å². The summed E-state index contributed by atoms with van der Waals surface area (Å²) in [6.45, 7) is 0. The van der Waals surface area contributed by atoms with Crippen LogP contribution in [-0.4, -0.2) is 16.7 Å². The minimum absolute atomic E-state index is 0.424. The molecule has 4 nitrogen and oxygen atoms in total. The summed E-state index contributed by atoms with van der Waals surface area (Å²) >= 11 is 0. The van der Waals surface area contributed by atoms with Crippen LogP contribution in [0.4, 0.5) is 0 Å². The summed E-state index contributed by atoms with van der Waals surface area (Å²) in [7, 11) is 3.50. The van der Waals surface area contributed by atoms with Gasteiger partial charge in [-0.3, -0.25) is 0 Å². The highest BCUT2D eigenvalue weighted by Gasteiger charge is 2.06. The second kappa shape index (κ2) is 4.07. The van der Waals surface area contributed by atoms with Crippen molar-refractivity contribution in [3.8, 4) is 23.2 Å². The van der Waals surface area contributed by atoms with Crippen molar-refractivity contribution in [2.45, 2.75) is 0 Å². The molecule has 1 aromatic heterocycles. The normalized spacial score (nSPS) is 9.81. The number of hydrogen-bond donors (Lipinski definition) is 0. The summed E-state index contributed by atoms with van der Waals surface area (Å²) in [5.41, 5.74) is 1.39. The number of ether oxygens (including phenoxy) is 1. The summed E-state index contributed by atoms with van der Waals surface area (Å²) in [5, 5.41) is 8.76. The van der Waals surface area contributed by atoms with Crippen LogP contribution in [0.15, 0.2) is 30.5 Å². The van der Waals surface area contributed by atoms with E-state index in [0.717, 1.165) is 17.1 Å². The van der Waals surface area contributed by atoms with E-state index < -0.39 is 0 Å². The van der Waals surface area contributed by atoms with Crippen LogP contribution in [0.3, 0.4) is 0 Å². The van der Waals surface area contributed by atoms with Gasteiger partial charge in [0.25, 0.3) is 0 Å². The molecule has 0 aliphatic heterocycles. The SMILES string of the molecule is COc1ccc(-c2nc(C#N)cn2C)cc1. The fourth-order valence-electron chi connectivity index (χ4n) is 1.53. The minimum atomic E-state index is 0.424. The molecule has 0 fully saturated rings. The van der Waals surface area contributed by atoms with Crippen LogP contribution in [0.1, 0.15) is 5.69 Å². The predicted octanol–water partition coefficient (Wildman–Crippen LogP) is 1.97. The number of hydrogen-bond acceptors (Lipinski definition) is 3. The molecule has 2 aromatic rings. The van der Waals surface area contributed by atoms with E-state index in [-0.39, 0.29) is 0 Å². The van der Waals surface area contributed by atoms with E-state index in [2.05, 4.69) is 4.98 Å². The first kappa shape index (κ1) is 10.2. The molecule has 0 unspecified atom stereocenters. The Balaban J connectivity index is 2.42. The van der Waals surface area contributed by atoms with E-state index in [1.165, 1.54) is 0 Å². The highest BCUT2D eigenvalue weighted by atomic mass is 16.5. The Hall–Kier alpha value is -2.28. The molecular weight excluding hydrogens is 202 g/mol. The fraction of sp³-hybridized carbons (Fsp3) is 0.167. The number of imidazole rings is 1. The van der Waals surface area contributed by atoms with E-state index in [4.69, 9.17) is 10.00 Å². The van der Waals surface area contributed by atoms with Gasteiger partial charge in [-0.25, -0.2) is 4.98 Å². The van der Waals surface area contributed by atoms with Crippen molar-refractivity contribution in [2.75, 3.05) is 7.11 Å². The van der Waals surface area contributed by atoms with Gasteiger partial charge in [0.05, 0.1) is 7.11 Å². The first-order valence-corrected chi connectivity index (χ1v) is 4.82. The maximum atomic E-state index is 8.76. The quantitative estimate of drug-likeness (QED) is 0.766. The van der Waals surface area contributed by atoms with Gasteiger partial charge in [-0.2, -0.15) is 5.26 Å². The van der Waals surface area contributed by atoms with E-state index >= 15 is 0 Å². The minimum Gasteiger partial charge on any atom is -0.497 e. The number of aryl methyl sites for hydroxylation is 1. The monoisotopic (exact) mass is 213 g/mol. The van der Waals surface area contributed by atoms with Crippen molar-refractivity contribution in [3.05, 3.63) is 36.2 Å². The summed E-state index contributed by atoms with van der Waals surface area (Å²) in [5.74, 6) is 1.58. The van der Waals surface area contributed by atoms with Gasteiger partial charge in [0.1, 0.15) is 17.6 Å². The lowest BCUT2D eigenvalue weighted by Gasteiger charge is -2.03. The second-order valence-corrected chi connectivity index (χ2v) is 3.40. The van der Waals surface area contributed by atoms with Crippen LogP contribution in [0.5, 0.6) is 5.75 Å². The molecule has 80 valence electrons. The molecule has 0 spiro atoms. The number of benzene rings is 1. The number of nitrogens with zero attached hydrogens (tertiary/aromatic N) is 3. The topological polar surface area (TPSA) is 50.8 Å². The van der Waals surface area contributed by atoms with Crippen LogP contribution in [0, 0.1) is 11.3 Å². The Bertz CT molecular complexity index is 534. The van der Waals surface area contributed by atoms with E-state index in [9.17, 15) is 0 Å². The van der Waals surface area contributed by atoms with Crippen LogP contribution in [0.2, 0.25) is 0 Å². The van der Waals surface area contributed by atoms with E-state index in [1.807, 2.05) is 41.9 Å². The standard InChI is InChI=1S/C12H11N3O/c1-15-8-10(7-13)14-12(15)9-3-5-11(16-2)6-4-9/h3-6,8H,1-2H3. The molecule has 0 saturated carbocycles. The zero-order chi connectivity index (χ0) is 11.5. The molecule has 0 radical (unpaired) electrons. The van der Waals surface area contributed by atoms with Crippen LogP contribution in [-0.2, 0) is 7.05 Å². The maximum absolute atomic E-state index is 8.76. The number of rotatable bonds is 2. The molecular formula is C12H11N3O. The summed E-state index contributed by atoms with van der Waals surface area (Å²) < 4.78 is 6.92. The van der Waals surface area contributed by atoms with Gasteiger partial charge >= 0.3 is 0 Å². The first-order chi connectivity index (χ1) is 7.74. The van der Waals surface area contributed by atoms with Gasteiger partial charge in [-0.15, -0.1) is 0 Å². The molecule has 1 heterocycles. The summed E-state index contributed by atoms with van der Waals surface area (Å²) in [6.07, 6.45) is 1.71. The van der Waals surface area contributed by atoms with E-state index in [1.54, 1.807) is 13.3 Å². The third kappa shape index (κ3) is 1.75. The average molecular weight is 213 g/mol. The Morgan fingerprint density at radius 3 is 2.50 bits per heavy atom. The molecule has 0 amide bonds. The summed E-state index contributed by atoms with van der Waals surface area (Å²) in [6, 6.07) is 9.60. The van der Waals surface area contributed by atoms with Crippen molar-refractivity contribution < 1.29 is 4.74 Å². The zero-order valence-electron chi connectivity index (χ0n) is 9.14. The molecule has 0 aliphatic rings. The number of aromatic nitrogens is 2. The Morgan fingerprint density at radius 2 is 2.00 bits per heavy atom. The van der Waals surface area contributed by atoms with Crippen molar-refractivity contribution in [2.24, 2.45) is 7.05 Å². The van der Waals surface area contributed by atoms with Crippen molar-refractivity contribution in [1.82, 2.24) is 9.55 Å². The molecule has 1 aromatic carbocycles. The highest BCUT2D eigenvalue weighted by Crippen LogP contribution is 2.21. The van der Waals surface area contributed by atoms with Gasteiger partial charge in [0, 0.05) is 18.8 Å². The highest BCUT2D eigenvalue weighted by molar-refractivity contribution is 5.57. The smallest absolute Gasteiger partial charge is 0.159 e. The van der Waals surface area contributed by atoms with Crippen LogP contribution in [0.25, 0.3) is 11.4 Å². The largest absolute Gasteiger partial charge is 0.497 e. The zero-order valence-corrected chi connectivity index (χ0v) is 9.14. The molecule has 2 rings (SSSR count). The Kier molecular flexibility index (Phi) is 2.61. The maximum Gasteiger partial charge on any atom is 0.159 e. The number of nitriles is 1. The van der Waals surface area contributed by atoms with E-state index in [0.29, 0.717) is 5.69 Å². The van der Waals surface area contributed by atoms with Gasteiger partial charge in [0.2, 0.25) is 0 Å². The lowest BCUT2D eigenvalue weighted by molar-refractivity contribution is 0.415. The lowest BCUT2D eigenvalue weighted by atomic mass is 10.2. The average Bonchev–Trinajstić information content (AvgIpc) is 2.71. The Morgan fingerprint density at radius 1 is 1.31 bits per heavy atom. The molecule has 0 N–H and O–H groups in total. The van der Waals surface area contributed by atoms with Gasteiger partial charge < -0.3 is 9.30 Å². The third-order valence-electron chi connectivity index (χ3n) is 2.34. The van der Waals surface area contributed by atoms with Gasteiger partial charge in [-0.1, -0.05) is 0 Å². The van der Waals surface area contributed by atoms with Crippen LogP contribution < -0.4 is 4.74 Å². The fourth-order valence-corrected chi connectivity index (χ4v) is 1.53. The molecule has 0 bridgehead atoms. The second-order valence-electron chi connectivity index (χ2n) is 3.40. The molecule has 0 aliphatic carbocycles. The Labute approximate surface area is 93.7 Å². The number of methoxy groups -OCH3 is 1.